The van der Waals surface area contributed by atoms with E-state index in [2.05, 4.69) is 0 Å². The van der Waals surface area contributed by atoms with E-state index in [0.29, 0.717) is 18.8 Å². The Labute approximate surface area is 216 Å². The van der Waals surface area contributed by atoms with E-state index in [4.69, 9.17) is 10.1 Å². The molecule has 1 aliphatic rings. The van der Waals surface area contributed by atoms with Crippen molar-refractivity contribution in [2.75, 3.05) is 0 Å². The zero-order valence-corrected chi connectivity index (χ0v) is 20.1. The Balaban J connectivity index is 0.00000289. The number of aliphatic hydroxyl groups is 2. The molecule has 4 rings (SSSR count). The summed E-state index contributed by atoms with van der Waals surface area (Å²) in [6.07, 6.45) is 0.779. The Morgan fingerprint density at radius 1 is 1.06 bits per heavy atom. The molecule has 5 nitrogen and oxygen atoms in total. The number of halogens is 1. The Bertz CT molecular complexity index is 1090. The van der Waals surface area contributed by atoms with Gasteiger partial charge in [-0.2, -0.15) is 0 Å². The third kappa shape index (κ3) is 6.06. The van der Waals surface area contributed by atoms with Crippen molar-refractivity contribution in [1.29, 1.82) is 0 Å². The van der Waals surface area contributed by atoms with Crippen molar-refractivity contribution in [3.8, 4) is 11.1 Å². The van der Waals surface area contributed by atoms with Gasteiger partial charge in [0.1, 0.15) is 5.82 Å². The molecular formula is C25H26CaFNO4+2. The molecule has 1 aromatic heterocycles. The molecule has 162 valence electrons. The maximum atomic E-state index is 13.6. The van der Waals surface area contributed by atoms with Gasteiger partial charge in [0.05, 0.1) is 24.1 Å². The summed E-state index contributed by atoms with van der Waals surface area (Å²) >= 11 is 0. The second-order valence-electron chi connectivity index (χ2n) is 8.33. The van der Waals surface area contributed by atoms with Crippen molar-refractivity contribution in [2.45, 2.75) is 56.7 Å². The first-order valence-corrected chi connectivity index (χ1v) is 10.7. The van der Waals surface area contributed by atoms with E-state index < -0.39 is 18.2 Å². The first-order chi connectivity index (χ1) is 14.9. The third-order valence-corrected chi connectivity index (χ3v) is 5.80. The van der Waals surface area contributed by atoms with Crippen molar-refractivity contribution in [1.82, 2.24) is 4.98 Å². The van der Waals surface area contributed by atoms with Crippen LogP contribution < -0.4 is 0 Å². The van der Waals surface area contributed by atoms with Gasteiger partial charge in [-0.15, -0.1) is 0 Å². The van der Waals surface area contributed by atoms with Gasteiger partial charge in [0, 0.05) is 17.0 Å². The normalized spacial score (nSPS) is 15.2. The van der Waals surface area contributed by atoms with Gasteiger partial charge in [-0.05, 0) is 67.0 Å². The SMILES string of the molecule is O=C(O)C[C@H](O)C[C@H](O)CCc1c(C2CC2)nc2ccccc2c1-c1ccc(F)cc1.[Ca+2]. The molecule has 0 amide bonds. The summed E-state index contributed by atoms with van der Waals surface area (Å²) in [7, 11) is 0. The summed E-state index contributed by atoms with van der Waals surface area (Å²) in [6, 6.07) is 14.3. The summed E-state index contributed by atoms with van der Waals surface area (Å²) in [5, 5.41) is 30.1. The van der Waals surface area contributed by atoms with Gasteiger partial charge in [-0.25, -0.2) is 4.39 Å². The summed E-state index contributed by atoms with van der Waals surface area (Å²) < 4.78 is 13.6. The minimum atomic E-state index is -1.09. The topological polar surface area (TPSA) is 90.7 Å². The number of carboxylic acid groups (broad SMARTS) is 1. The quantitative estimate of drug-likeness (QED) is 0.417. The molecule has 2 atom stereocenters. The molecule has 0 aliphatic heterocycles. The number of para-hydroxylation sites is 1. The van der Waals surface area contributed by atoms with Crippen LogP contribution in [0.1, 0.15) is 49.3 Å². The average molecular weight is 464 g/mol. The molecule has 0 radical (unpaired) electrons. The molecule has 7 heteroatoms. The molecule has 0 spiro atoms. The minimum absolute atomic E-state index is 0. The summed E-state index contributed by atoms with van der Waals surface area (Å²) in [5.41, 5.74) is 4.86. The molecule has 3 N–H and O–H groups in total. The molecule has 2 aromatic carbocycles. The molecular weight excluding hydrogens is 437 g/mol. The number of aliphatic hydroxyl groups excluding tert-OH is 2. The predicted molar refractivity (Wildman–Crippen MR) is 122 cm³/mol. The van der Waals surface area contributed by atoms with Crippen LogP contribution in [-0.4, -0.2) is 76.2 Å². The van der Waals surface area contributed by atoms with Gasteiger partial charge >= 0.3 is 43.7 Å². The number of carbonyl (C=O) groups is 1. The molecule has 1 fully saturated rings. The molecule has 1 saturated carbocycles. The minimum Gasteiger partial charge on any atom is -0.481 e. The second-order valence-corrected chi connectivity index (χ2v) is 8.33. The van der Waals surface area contributed by atoms with E-state index in [9.17, 15) is 19.4 Å². The van der Waals surface area contributed by atoms with E-state index in [1.165, 1.54) is 12.1 Å². The van der Waals surface area contributed by atoms with Crippen LogP contribution in [0.4, 0.5) is 4.39 Å². The van der Waals surface area contributed by atoms with Crippen LogP contribution in [0.2, 0.25) is 0 Å². The largest absolute Gasteiger partial charge is 2.00 e. The van der Waals surface area contributed by atoms with Gasteiger partial charge in [0.15, 0.2) is 0 Å². The van der Waals surface area contributed by atoms with Crippen LogP contribution in [0.5, 0.6) is 0 Å². The fourth-order valence-corrected chi connectivity index (χ4v) is 4.19. The van der Waals surface area contributed by atoms with Gasteiger partial charge < -0.3 is 15.3 Å². The first-order valence-electron chi connectivity index (χ1n) is 10.7. The predicted octanol–water partition coefficient (Wildman–Crippen LogP) is 4.06. The third-order valence-electron chi connectivity index (χ3n) is 5.80. The van der Waals surface area contributed by atoms with Crippen LogP contribution in [0, 0.1) is 5.82 Å². The number of aromatic nitrogens is 1. The fraction of sp³-hybridized carbons (Fsp3) is 0.360. The van der Waals surface area contributed by atoms with E-state index in [-0.39, 0.29) is 56.4 Å². The molecule has 1 aliphatic carbocycles. The van der Waals surface area contributed by atoms with Crippen LogP contribution in [-0.2, 0) is 11.2 Å². The number of fused-ring (bicyclic) bond motifs is 1. The van der Waals surface area contributed by atoms with Gasteiger partial charge in [0.25, 0.3) is 0 Å². The maximum absolute atomic E-state index is 13.6. The van der Waals surface area contributed by atoms with Crippen molar-refractivity contribution in [3.05, 3.63) is 65.6 Å². The van der Waals surface area contributed by atoms with Gasteiger partial charge in [-0.3, -0.25) is 9.78 Å². The monoisotopic (exact) mass is 463 g/mol. The Morgan fingerprint density at radius 3 is 2.41 bits per heavy atom. The standard InChI is InChI=1S/C25H26FNO4.Ca/c26-17-9-7-15(8-10-17)24-20-3-1-2-4-22(20)27-25(16-5-6-16)21(24)12-11-18(28)13-19(29)14-23(30)31;/h1-4,7-10,16,18-19,28-29H,5-6,11-14H2,(H,30,31);/q;+2/t18-,19-;/m1./s1. The van der Waals surface area contributed by atoms with Crippen molar-refractivity contribution >= 4 is 54.6 Å². The number of rotatable bonds is 9. The molecule has 0 unspecified atom stereocenters. The molecule has 3 aromatic rings. The number of nitrogens with zero attached hydrogens (tertiary/aromatic N) is 1. The number of pyridine rings is 1. The molecule has 1 heterocycles. The number of hydrogen-bond donors (Lipinski definition) is 3. The average Bonchev–Trinajstić information content (AvgIpc) is 3.56. The van der Waals surface area contributed by atoms with Gasteiger partial charge in [-0.1, -0.05) is 30.3 Å². The van der Waals surface area contributed by atoms with Crippen molar-refractivity contribution in [3.63, 3.8) is 0 Å². The Morgan fingerprint density at radius 2 is 1.75 bits per heavy atom. The summed E-state index contributed by atoms with van der Waals surface area (Å²) in [5.74, 6) is -1.00. The van der Waals surface area contributed by atoms with Crippen LogP contribution in [0.15, 0.2) is 48.5 Å². The van der Waals surface area contributed by atoms with E-state index in [0.717, 1.165) is 46.1 Å². The molecule has 32 heavy (non-hydrogen) atoms. The Hall–Kier alpha value is -1.57. The zero-order chi connectivity index (χ0) is 22.0. The van der Waals surface area contributed by atoms with Gasteiger partial charge in [0.2, 0.25) is 0 Å². The second kappa shape index (κ2) is 11.0. The number of aliphatic carboxylic acids is 1. The maximum Gasteiger partial charge on any atom is 2.00 e. The molecule has 0 saturated heterocycles. The fourth-order valence-electron chi connectivity index (χ4n) is 4.19. The Kier molecular flexibility index (Phi) is 8.64. The van der Waals surface area contributed by atoms with Crippen LogP contribution in [0.25, 0.3) is 22.0 Å². The van der Waals surface area contributed by atoms with Crippen LogP contribution >= 0.6 is 0 Å². The van der Waals surface area contributed by atoms with E-state index >= 15 is 0 Å². The molecule has 0 bridgehead atoms. The van der Waals surface area contributed by atoms with Crippen molar-refractivity contribution < 1.29 is 24.5 Å². The number of hydrogen-bond acceptors (Lipinski definition) is 4. The summed E-state index contributed by atoms with van der Waals surface area (Å²) in [4.78, 5) is 15.7. The first kappa shape index (κ1) is 25.1. The smallest absolute Gasteiger partial charge is 0.481 e. The number of benzene rings is 2. The number of carboxylic acids is 1. The van der Waals surface area contributed by atoms with Crippen molar-refractivity contribution in [2.24, 2.45) is 0 Å². The van der Waals surface area contributed by atoms with Crippen LogP contribution in [0.3, 0.4) is 0 Å². The zero-order valence-electron chi connectivity index (χ0n) is 17.9. The summed E-state index contributed by atoms with van der Waals surface area (Å²) in [6.45, 7) is 0. The van der Waals surface area contributed by atoms with E-state index in [1.54, 1.807) is 12.1 Å². The van der Waals surface area contributed by atoms with E-state index in [1.807, 2.05) is 24.3 Å².